The average Bonchev–Trinajstić information content (AvgIpc) is 3.22. The Balaban J connectivity index is 1.60. The number of carbonyl (C=O) groups is 1. The zero-order chi connectivity index (χ0) is 24.5. The Hall–Kier alpha value is -3.49. The van der Waals surface area contributed by atoms with Gasteiger partial charge in [0.15, 0.2) is 5.69 Å². The first-order valence-electron chi connectivity index (χ1n) is 9.80. The van der Waals surface area contributed by atoms with E-state index in [1.807, 2.05) is 0 Å². The van der Waals surface area contributed by atoms with Gasteiger partial charge in [0.25, 0.3) is 0 Å². The van der Waals surface area contributed by atoms with Crippen LogP contribution in [-0.4, -0.2) is 20.9 Å². The third-order valence-corrected chi connectivity index (χ3v) is 5.52. The van der Waals surface area contributed by atoms with Gasteiger partial charge in [-0.3, -0.25) is 0 Å². The molecule has 0 aliphatic carbocycles. The molecule has 0 spiro atoms. The molecular weight excluding hydrogens is 492 g/mol. The van der Waals surface area contributed by atoms with Crippen molar-refractivity contribution in [3.8, 4) is 22.6 Å². The van der Waals surface area contributed by atoms with Crippen LogP contribution < -0.4 is 4.74 Å². The summed E-state index contributed by atoms with van der Waals surface area (Å²) in [6, 6.07) is 18.6. The molecule has 10 heteroatoms. The minimum atomic E-state index is -4.67. The van der Waals surface area contributed by atoms with Gasteiger partial charge in [-0.15, -0.1) is 0 Å². The minimum Gasteiger partial charge on any atom is -0.487 e. The maximum Gasteiger partial charge on any atom is 0.435 e. The van der Waals surface area contributed by atoms with Gasteiger partial charge in [-0.1, -0.05) is 53.5 Å². The summed E-state index contributed by atoms with van der Waals surface area (Å²) in [5.74, 6) is -0.639. The molecular formula is C24H15Cl2F3N2O3. The molecule has 0 aliphatic heterocycles. The highest BCUT2D eigenvalue weighted by molar-refractivity contribution is 6.37. The minimum absolute atomic E-state index is 0.0977. The molecule has 0 aliphatic rings. The van der Waals surface area contributed by atoms with Crippen LogP contribution in [-0.2, 0) is 12.8 Å². The Morgan fingerprint density at radius 3 is 2.21 bits per heavy atom. The summed E-state index contributed by atoms with van der Waals surface area (Å²) in [6.45, 7) is -0.238. The molecule has 0 saturated carbocycles. The van der Waals surface area contributed by atoms with Crippen LogP contribution >= 0.6 is 23.2 Å². The third kappa shape index (κ3) is 5.03. The summed E-state index contributed by atoms with van der Waals surface area (Å²) in [7, 11) is 0. The van der Waals surface area contributed by atoms with Crippen molar-refractivity contribution in [3.05, 3.63) is 99.8 Å². The van der Waals surface area contributed by atoms with Crippen LogP contribution in [0.4, 0.5) is 13.2 Å². The molecule has 0 radical (unpaired) electrons. The number of aromatic carboxylic acids is 1. The molecule has 0 fully saturated rings. The van der Waals surface area contributed by atoms with E-state index in [1.54, 1.807) is 48.5 Å². The first kappa shape index (κ1) is 23.7. The summed E-state index contributed by atoms with van der Waals surface area (Å²) in [6.07, 6.45) is -4.67. The van der Waals surface area contributed by atoms with Crippen molar-refractivity contribution in [2.75, 3.05) is 0 Å². The molecule has 1 aromatic heterocycles. The molecule has 1 heterocycles. The van der Waals surface area contributed by atoms with Gasteiger partial charge in [-0.25, -0.2) is 9.48 Å². The molecule has 1 N–H and O–H groups in total. The van der Waals surface area contributed by atoms with Gasteiger partial charge in [0.1, 0.15) is 18.0 Å². The quantitative estimate of drug-likeness (QED) is 0.301. The normalized spacial score (nSPS) is 11.4. The number of nitrogens with zero attached hydrogens (tertiary/aromatic N) is 2. The van der Waals surface area contributed by atoms with Crippen molar-refractivity contribution in [2.24, 2.45) is 0 Å². The Labute approximate surface area is 201 Å². The Morgan fingerprint density at radius 2 is 1.59 bits per heavy atom. The topological polar surface area (TPSA) is 64.3 Å². The molecule has 3 aromatic carbocycles. The molecule has 0 atom stereocenters. The molecule has 174 valence electrons. The van der Waals surface area contributed by atoms with Crippen molar-refractivity contribution in [1.82, 2.24) is 9.78 Å². The van der Waals surface area contributed by atoms with E-state index in [1.165, 1.54) is 18.2 Å². The highest BCUT2D eigenvalue weighted by Gasteiger charge is 2.35. The van der Waals surface area contributed by atoms with Gasteiger partial charge in [-0.2, -0.15) is 18.3 Å². The van der Waals surface area contributed by atoms with Crippen molar-refractivity contribution in [1.29, 1.82) is 0 Å². The largest absolute Gasteiger partial charge is 0.487 e. The zero-order valence-corrected chi connectivity index (χ0v) is 18.7. The third-order valence-electron chi connectivity index (χ3n) is 4.91. The highest BCUT2D eigenvalue weighted by atomic mass is 35.5. The number of halogens is 5. The van der Waals surface area contributed by atoms with E-state index in [9.17, 15) is 18.0 Å². The van der Waals surface area contributed by atoms with Crippen LogP contribution in [0.25, 0.3) is 16.8 Å². The molecule has 0 amide bonds. The lowest BCUT2D eigenvalue weighted by Gasteiger charge is -2.12. The second kappa shape index (κ2) is 9.40. The van der Waals surface area contributed by atoms with Crippen molar-refractivity contribution in [3.63, 3.8) is 0 Å². The molecule has 0 saturated heterocycles. The molecule has 4 rings (SSSR count). The standard InChI is InChI=1S/C24H15Cl2F3N2O3/c25-19-5-2-6-20(26)22(19)31-17(12-21(30-31)24(27,28)29)13-34-18-9-7-14(8-10-18)15-3-1-4-16(11-15)23(32)33/h1-12H,13H2,(H,32,33). The molecule has 4 aromatic rings. The van der Waals surface area contributed by atoms with Crippen LogP contribution in [0.2, 0.25) is 10.0 Å². The van der Waals surface area contributed by atoms with Crippen LogP contribution in [0.15, 0.2) is 72.8 Å². The average molecular weight is 507 g/mol. The van der Waals surface area contributed by atoms with Gasteiger partial charge >= 0.3 is 12.1 Å². The number of aromatic nitrogens is 2. The summed E-state index contributed by atoms with van der Waals surface area (Å²) < 4.78 is 46.7. The van der Waals surface area contributed by atoms with E-state index >= 15 is 0 Å². The first-order chi connectivity index (χ1) is 16.1. The van der Waals surface area contributed by atoms with E-state index in [0.717, 1.165) is 16.3 Å². The van der Waals surface area contributed by atoms with Crippen LogP contribution in [0, 0.1) is 0 Å². The number of carboxylic acids is 1. The lowest BCUT2D eigenvalue weighted by atomic mass is 10.0. The summed E-state index contributed by atoms with van der Waals surface area (Å²) >= 11 is 12.4. The number of carboxylic acid groups (broad SMARTS) is 1. The van der Waals surface area contributed by atoms with Crippen molar-refractivity contribution in [2.45, 2.75) is 12.8 Å². The first-order valence-corrected chi connectivity index (χ1v) is 10.6. The molecule has 0 unspecified atom stereocenters. The van der Waals surface area contributed by atoms with Crippen LogP contribution in [0.5, 0.6) is 5.75 Å². The number of para-hydroxylation sites is 1. The van der Waals surface area contributed by atoms with E-state index in [-0.39, 0.29) is 33.6 Å². The Morgan fingerprint density at radius 1 is 0.941 bits per heavy atom. The predicted molar refractivity (Wildman–Crippen MR) is 122 cm³/mol. The van der Waals surface area contributed by atoms with Crippen LogP contribution in [0.3, 0.4) is 0 Å². The van der Waals surface area contributed by atoms with E-state index < -0.39 is 17.8 Å². The van der Waals surface area contributed by atoms with Gasteiger partial charge in [0.05, 0.1) is 21.3 Å². The summed E-state index contributed by atoms with van der Waals surface area (Å²) in [5.41, 5.74) is 0.727. The predicted octanol–water partition coefficient (Wildman–Crippen LogP) is 7.14. The Kier molecular flexibility index (Phi) is 6.54. The maximum atomic E-state index is 13.3. The van der Waals surface area contributed by atoms with E-state index in [4.69, 9.17) is 33.0 Å². The lowest BCUT2D eigenvalue weighted by molar-refractivity contribution is -0.141. The fourth-order valence-corrected chi connectivity index (χ4v) is 3.84. The molecule has 0 bridgehead atoms. The number of ether oxygens (including phenoxy) is 1. The molecule has 34 heavy (non-hydrogen) atoms. The van der Waals surface area contributed by atoms with Crippen molar-refractivity contribution >= 4 is 29.2 Å². The fourth-order valence-electron chi connectivity index (χ4n) is 3.28. The summed E-state index contributed by atoms with van der Waals surface area (Å²) in [5, 5.41) is 13.1. The van der Waals surface area contributed by atoms with Gasteiger partial charge in [0.2, 0.25) is 0 Å². The van der Waals surface area contributed by atoms with E-state index in [0.29, 0.717) is 11.3 Å². The number of hydrogen-bond acceptors (Lipinski definition) is 3. The zero-order valence-electron chi connectivity index (χ0n) is 17.2. The molecule has 5 nitrogen and oxygen atoms in total. The van der Waals surface area contributed by atoms with Crippen LogP contribution in [0.1, 0.15) is 21.7 Å². The smallest absolute Gasteiger partial charge is 0.435 e. The van der Waals surface area contributed by atoms with Gasteiger partial charge < -0.3 is 9.84 Å². The lowest BCUT2D eigenvalue weighted by Crippen LogP contribution is -2.09. The Bertz CT molecular complexity index is 1330. The summed E-state index contributed by atoms with van der Waals surface area (Å²) in [4.78, 5) is 11.2. The van der Waals surface area contributed by atoms with Gasteiger partial charge in [-0.05, 0) is 53.6 Å². The number of hydrogen-bond donors (Lipinski definition) is 1. The van der Waals surface area contributed by atoms with E-state index in [2.05, 4.69) is 5.10 Å². The van der Waals surface area contributed by atoms with Crippen molar-refractivity contribution < 1.29 is 27.8 Å². The van der Waals surface area contributed by atoms with Gasteiger partial charge in [0, 0.05) is 0 Å². The second-order valence-electron chi connectivity index (χ2n) is 7.20. The fraction of sp³-hybridized carbons (Fsp3) is 0.0833. The number of rotatable bonds is 6. The number of benzene rings is 3. The maximum absolute atomic E-state index is 13.3. The second-order valence-corrected chi connectivity index (χ2v) is 8.01. The number of alkyl halides is 3. The highest BCUT2D eigenvalue weighted by Crippen LogP contribution is 2.34. The monoisotopic (exact) mass is 506 g/mol. The SMILES string of the molecule is O=C(O)c1cccc(-c2ccc(OCc3cc(C(F)(F)F)nn3-c3c(Cl)cccc3Cl)cc2)c1.